The first-order valence-corrected chi connectivity index (χ1v) is 10.8. The van der Waals surface area contributed by atoms with Gasteiger partial charge in [-0.1, -0.05) is 67.4 Å². The van der Waals surface area contributed by atoms with Crippen LogP contribution in [0.1, 0.15) is 53.4 Å². The van der Waals surface area contributed by atoms with Crippen LogP contribution in [0.3, 0.4) is 0 Å². The van der Waals surface area contributed by atoms with Crippen molar-refractivity contribution in [2.45, 2.75) is 40.2 Å². The van der Waals surface area contributed by atoms with Crippen LogP contribution >= 0.6 is 0 Å². The van der Waals surface area contributed by atoms with Crippen LogP contribution in [-0.4, -0.2) is 12.0 Å². The lowest BCUT2D eigenvalue weighted by Gasteiger charge is -2.22. The monoisotopic (exact) mass is 430 g/mol. The van der Waals surface area contributed by atoms with Crippen molar-refractivity contribution in [2.24, 2.45) is 5.92 Å². The number of aryl methyl sites for hydroxylation is 2. The summed E-state index contributed by atoms with van der Waals surface area (Å²) < 4.78 is 5.26. The number of ether oxygens (including phenoxy) is 1. The summed E-state index contributed by atoms with van der Waals surface area (Å²) in [4.78, 5) is 25.2. The van der Waals surface area contributed by atoms with Gasteiger partial charge in [-0.25, -0.2) is 4.79 Å². The van der Waals surface area contributed by atoms with Gasteiger partial charge in [0.05, 0.1) is 6.04 Å². The van der Waals surface area contributed by atoms with E-state index in [9.17, 15) is 9.59 Å². The van der Waals surface area contributed by atoms with Gasteiger partial charge in [-0.3, -0.25) is 10.1 Å². The second-order valence-electron chi connectivity index (χ2n) is 8.49. The van der Waals surface area contributed by atoms with Crippen molar-refractivity contribution in [3.63, 3.8) is 0 Å². The van der Waals surface area contributed by atoms with E-state index in [1.165, 1.54) is 11.1 Å². The highest BCUT2D eigenvalue weighted by Crippen LogP contribution is 2.24. The van der Waals surface area contributed by atoms with Gasteiger partial charge >= 0.3 is 6.09 Å². The number of anilines is 1. The number of para-hydroxylation sites is 1. The summed E-state index contributed by atoms with van der Waals surface area (Å²) in [6.45, 7) is 8.41. The molecule has 1 atom stereocenters. The Morgan fingerprint density at radius 1 is 0.875 bits per heavy atom. The smallest absolute Gasteiger partial charge is 0.410 e. The van der Waals surface area contributed by atoms with Gasteiger partial charge < -0.3 is 10.1 Å². The van der Waals surface area contributed by atoms with Gasteiger partial charge in [-0.05, 0) is 62.1 Å². The lowest BCUT2D eigenvalue weighted by Crippen LogP contribution is -2.29. The van der Waals surface area contributed by atoms with Gasteiger partial charge in [0.25, 0.3) is 5.91 Å². The molecule has 0 saturated carbocycles. The van der Waals surface area contributed by atoms with Gasteiger partial charge in [0.15, 0.2) is 0 Å². The standard InChI is InChI=1S/C27H30N2O3/c1-18(2)13-25(22-15-19(3)14-20(4)16-22)29-26(30)21-9-8-10-23(17-21)28-27(31)32-24-11-6-5-7-12-24/h5-12,14-18,25H,13H2,1-4H3,(H,28,31)(H,29,30). The summed E-state index contributed by atoms with van der Waals surface area (Å²) in [7, 11) is 0. The van der Waals surface area contributed by atoms with Crippen molar-refractivity contribution >= 4 is 17.7 Å². The molecule has 3 rings (SSSR count). The highest BCUT2D eigenvalue weighted by Gasteiger charge is 2.18. The Hall–Kier alpha value is -3.60. The first-order chi connectivity index (χ1) is 15.3. The fraction of sp³-hybridized carbons (Fsp3) is 0.259. The Kier molecular flexibility index (Phi) is 7.66. The van der Waals surface area contributed by atoms with Crippen LogP contribution in [0.4, 0.5) is 10.5 Å². The maximum atomic E-state index is 13.1. The quantitative estimate of drug-likeness (QED) is 0.454. The molecule has 0 aliphatic carbocycles. The van der Waals surface area contributed by atoms with E-state index in [1.54, 1.807) is 48.5 Å². The second kappa shape index (κ2) is 10.6. The summed E-state index contributed by atoms with van der Waals surface area (Å²) in [6.07, 6.45) is 0.220. The summed E-state index contributed by atoms with van der Waals surface area (Å²) in [5.41, 5.74) is 4.41. The van der Waals surface area contributed by atoms with E-state index in [2.05, 4.69) is 56.5 Å². The summed E-state index contributed by atoms with van der Waals surface area (Å²) in [6, 6.07) is 21.9. The van der Waals surface area contributed by atoms with Crippen molar-refractivity contribution in [2.75, 3.05) is 5.32 Å². The summed E-state index contributed by atoms with van der Waals surface area (Å²) >= 11 is 0. The Morgan fingerprint density at radius 2 is 1.56 bits per heavy atom. The van der Waals surface area contributed by atoms with E-state index >= 15 is 0 Å². The van der Waals surface area contributed by atoms with Crippen LogP contribution in [0, 0.1) is 19.8 Å². The fourth-order valence-electron chi connectivity index (χ4n) is 3.68. The molecule has 0 aliphatic rings. The number of carbonyl (C=O) groups is 2. The van der Waals surface area contributed by atoms with Crippen LogP contribution in [0.25, 0.3) is 0 Å². The molecule has 166 valence electrons. The van der Waals surface area contributed by atoms with Crippen LogP contribution < -0.4 is 15.4 Å². The van der Waals surface area contributed by atoms with Crippen LogP contribution in [-0.2, 0) is 0 Å². The molecule has 0 aromatic heterocycles. The molecule has 5 nitrogen and oxygen atoms in total. The molecule has 3 aromatic carbocycles. The Labute approximate surface area is 189 Å². The third kappa shape index (κ3) is 6.71. The van der Waals surface area contributed by atoms with Gasteiger partial charge in [0, 0.05) is 11.3 Å². The largest absolute Gasteiger partial charge is 0.417 e. The molecule has 0 heterocycles. The SMILES string of the molecule is Cc1cc(C)cc(C(CC(C)C)NC(=O)c2cccc(NC(=O)Oc3ccccc3)c2)c1. The van der Waals surface area contributed by atoms with Crippen LogP contribution in [0.2, 0.25) is 0 Å². The van der Waals surface area contributed by atoms with Crippen molar-refractivity contribution < 1.29 is 14.3 Å². The first-order valence-electron chi connectivity index (χ1n) is 10.8. The third-order valence-electron chi connectivity index (χ3n) is 4.98. The summed E-state index contributed by atoms with van der Waals surface area (Å²) in [5, 5.41) is 5.85. The number of hydrogen-bond acceptors (Lipinski definition) is 3. The van der Waals surface area contributed by atoms with Gasteiger partial charge in [-0.2, -0.15) is 0 Å². The van der Waals surface area contributed by atoms with Crippen molar-refractivity contribution in [1.29, 1.82) is 0 Å². The van der Waals surface area contributed by atoms with E-state index < -0.39 is 6.09 Å². The highest BCUT2D eigenvalue weighted by atomic mass is 16.6. The van der Waals surface area contributed by atoms with Crippen molar-refractivity contribution in [3.8, 4) is 5.75 Å². The molecule has 0 spiro atoms. The molecule has 0 fully saturated rings. The molecule has 2 amide bonds. The molecule has 0 saturated heterocycles. The highest BCUT2D eigenvalue weighted by molar-refractivity contribution is 5.96. The van der Waals surface area contributed by atoms with Crippen molar-refractivity contribution in [3.05, 3.63) is 95.1 Å². The number of rotatable bonds is 7. The predicted molar refractivity (Wildman–Crippen MR) is 128 cm³/mol. The topological polar surface area (TPSA) is 67.4 Å². The average Bonchev–Trinajstić information content (AvgIpc) is 2.73. The van der Waals surface area contributed by atoms with Gasteiger partial charge in [0.1, 0.15) is 5.75 Å². The van der Waals surface area contributed by atoms with Gasteiger partial charge in [0.2, 0.25) is 0 Å². The molecule has 0 bridgehead atoms. The fourth-order valence-corrected chi connectivity index (χ4v) is 3.68. The molecule has 32 heavy (non-hydrogen) atoms. The maximum absolute atomic E-state index is 13.1. The van der Waals surface area contributed by atoms with E-state index in [1.807, 2.05) is 6.07 Å². The van der Waals surface area contributed by atoms with Crippen molar-refractivity contribution in [1.82, 2.24) is 5.32 Å². The molecular formula is C27H30N2O3. The third-order valence-corrected chi connectivity index (χ3v) is 4.98. The lowest BCUT2D eigenvalue weighted by molar-refractivity contribution is 0.0932. The maximum Gasteiger partial charge on any atom is 0.417 e. The molecule has 3 aromatic rings. The number of benzene rings is 3. The minimum atomic E-state index is -0.610. The second-order valence-corrected chi connectivity index (χ2v) is 8.49. The number of carbonyl (C=O) groups excluding carboxylic acids is 2. The molecule has 5 heteroatoms. The van der Waals surface area contributed by atoms with Crippen LogP contribution in [0.15, 0.2) is 72.8 Å². The summed E-state index contributed by atoms with van der Waals surface area (Å²) in [5.74, 6) is 0.681. The molecule has 2 N–H and O–H groups in total. The Balaban J connectivity index is 1.72. The molecular weight excluding hydrogens is 400 g/mol. The van der Waals surface area contributed by atoms with E-state index in [0.29, 0.717) is 22.9 Å². The normalized spacial score (nSPS) is 11.7. The Bertz CT molecular complexity index is 1060. The first kappa shape index (κ1) is 23.1. The number of hydrogen-bond donors (Lipinski definition) is 2. The Morgan fingerprint density at radius 3 is 2.22 bits per heavy atom. The predicted octanol–water partition coefficient (Wildman–Crippen LogP) is 6.43. The van der Waals surface area contributed by atoms with Gasteiger partial charge in [-0.15, -0.1) is 0 Å². The zero-order valence-corrected chi connectivity index (χ0v) is 19.0. The minimum Gasteiger partial charge on any atom is -0.410 e. The minimum absolute atomic E-state index is 0.0965. The lowest BCUT2D eigenvalue weighted by atomic mass is 9.94. The molecule has 0 radical (unpaired) electrons. The average molecular weight is 431 g/mol. The molecule has 0 aliphatic heterocycles. The van der Waals surface area contributed by atoms with Crippen LogP contribution in [0.5, 0.6) is 5.75 Å². The number of nitrogens with one attached hydrogen (secondary N) is 2. The molecule has 1 unspecified atom stereocenters. The van der Waals surface area contributed by atoms with E-state index in [0.717, 1.165) is 12.0 Å². The van der Waals surface area contributed by atoms with E-state index in [-0.39, 0.29) is 11.9 Å². The number of amides is 2. The zero-order valence-electron chi connectivity index (χ0n) is 19.0. The zero-order chi connectivity index (χ0) is 23.1. The van der Waals surface area contributed by atoms with E-state index in [4.69, 9.17) is 4.74 Å².